The van der Waals surface area contributed by atoms with E-state index >= 15 is 0 Å². The first kappa shape index (κ1) is 15.9. The molecule has 3 N–H and O–H groups in total. The minimum atomic E-state index is 0.180. The van der Waals surface area contributed by atoms with Gasteiger partial charge in [-0.05, 0) is 53.6 Å². The van der Waals surface area contributed by atoms with Crippen molar-refractivity contribution >= 4 is 5.69 Å². The maximum absolute atomic E-state index is 6.07. The highest BCUT2D eigenvalue weighted by Crippen LogP contribution is 2.34. The molecular weight excluding hydrogens is 304 g/mol. The summed E-state index contributed by atoms with van der Waals surface area (Å²) < 4.78 is 0. The number of nitrogen functional groups attached to an aromatic ring is 1. The summed E-state index contributed by atoms with van der Waals surface area (Å²) in [6, 6.07) is 28.3. The van der Waals surface area contributed by atoms with E-state index in [1.807, 2.05) is 6.07 Å². The number of benzene rings is 3. The number of rotatable bonds is 4. The van der Waals surface area contributed by atoms with E-state index in [-0.39, 0.29) is 6.04 Å². The van der Waals surface area contributed by atoms with Crippen LogP contribution in [0.1, 0.15) is 47.2 Å². The van der Waals surface area contributed by atoms with Crippen LogP contribution in [0.15, 0.2) is 78.9 Å². The van der Waals surface area contributed by atoms with Gasteiger partial charge in [0.15, 0.2) is 0 Å². The smallest absolute Gasteiger partial charge is 0.0581 e. The SMILES string of the molecule is Nc1ccc2c(c1)C(NC(c1ccccc1)c1ccccc1)CCC2. The fourth-order valence-corrected chi connectivity index (χ4v) is 3.87. The Bertz CT molecular complexity index is 788. The van der Waals surface area contributed by atoms with E-state index in [0.29, 0.717) is 6.04 Å². The lowest BCUT2D eigenvalue weighted by molar-refractivity contribution is 0.428. The second-order valence-electron chi connectivity index (χ2n) is 6.82. The fraction of sp³-hybridized carbons (Fsp3) is 0.217. The second-order valence-corrected chi connectivity index (χ2v) is 6.82. The van der Waals surface area contributed by atoms with Crippen LogP contribution in [-0.4, -0.2) is 0 Å². The van der Waals surface area contributed by atoms with Crippen LogP contribution in [0.4, 0.5) is 5.69 Å². The van der Waals surface area contributed by atoms with Crippen molar-refractivity contribution in [1.29, 1.82) is 0 Å². The lowest BCUT2D eigenvalue weighted by Crippen LogP contribution is -2.30. The summed E-state index contributed by atoms with van der Waals surface area (Å²) >= 11 is 0. The van der Waals surface area contributed by atoms with Gasteiger partial charge in [-0.25, -0.2) is 0 Å². The number of fused-ring (bicyclic) bond motifs is 1. The summed E-state index contributed by atoms with van der Waals surface area (Å²) in [5.41, 5.74) is 12.3. The van der Waals surface area contributed by atoms with Crippen LogP contribution < -0.4 is 11.1 Å². The van der Waals surface area contributed by atoms with E-state index in [1.165, 1.54) is 28.7 Å². The van der Waals surface area contributed by atoms with Gasteiger partial charge in [0.05, 0.1) is 6.04 Å². The van der Waals surface area contributed by atoms with E-state index in [1.54, 1.807) is 0 Å². The van der Waals surface area contributed by atoms with Crippen molar-refractivity contribution in [3.05, 3.63) is 101 Å². The third-order valence-electron chi connectivity index (χ3n) is 5.12. The summed E-state index contributed by atoms with van der Waals surface area (Å²) in [6.07, 6.45) is 3.51. The number of hydrogen-bond acceptors (Lipinski definition) is 2. The summed E-state index contributed by atoms with van der Waals surface area (Å²) in [5.74, 6) is 0. The molecule has 3 aromatic rings. The van der Waals surface area contributed by atoms with Crippen LogP contribution in [0.2, 0.25) is 0 Å². The van der Waals surface area contributed by atoms with E-state index in [2.05, 4.69) is 78.1 Å². The van der Waals surface area contributed by atoms with Crippen LogP contribution in [-0.2, 0) is 6.42 Å². The molecule has 126 valence electrons. The minimum absolute atomic E-state index is 0.180. The second kappa shape index (κ2) is 7.12. The van der Waals surface area contributed by atoms with Gasteiger partial charge in [0.2, 0.25) is 0 Å². The van der Waals surface area contributed by atoms with Crippen molar-refractivity contribution in [3.63, 3.8) is 0 Å². The number of nitrogens with two attached hydrogens (primary N) is 1. The molecule has 1 unspecified atom stereocenters. The Labute approximate surface area is 149 Å². The molecule has 1 aliphatic carbocycles. The Hall–Kier alpha value is -2.58. The van der Waals surface area contributed by atoms with Crippen molar-refractivity contribution < 1.29 is 0 Å². The third kappa shape index (κ3) is 3.45. The first-order chi connectivity index (χ1) is 12.3. The molecule has 0 fully saturated rings. The zero-order valence-corrected chi connectivity index (χ0v) is 14.4. The molecule has 0 radical (unpaired) electrons. The van der Waals surface area contributed by atoms with Crippen LogP contribution in [0.5, 0.6) is 0 Å². The Morgan fingerprint density at radius 1 is 0.840 bits per heavy atom. The van der Waals surface area contributed by atoms with E-state index in [4.69, 9.17) is 5.73 Å². The van der Waals surface area contributed by atoms with Gasteiger partial charge in [-0.1, -0.05) is 66.7 Å². The summed E-state index contributed by atoms with van der Waals surface area (Å²) in [4.78, 5) is 0. The number of aryl methyl sites for hydroxylation is 1. The lowest BCUT2D eigenvalue weighted by Gasteiger charge is -2.31. The lowest BCUT2D eigenvalue weighted by atomic mass is 9.86. The molecule has 0 bridgehead atoms. The minimum Gasteiger partial charge on any atom is -0.399 e. The van der Waals surface area contributed by atoms with Gasteiger partial charge in [-0.3, -0.25) is 5.32 Å². The van der Waals surface area contributed by atoms with Gasteiger partial charge < -0.3 is 5.73 Å². The predicted octanol–water partition coefficient (Wildman–Crippen LogP) is 5.03. The first-order valence-corrected chi connectivity index (χ1v) is 9.05. The van der Waals surface area contributed by atoms with Crippen molar-refractivity contribution in [1.82, 2.24) is 5.32 Å². The highest BCUT2D eigenvalue weighted by Gasteiger charge is 2.24. The molecule has 0 amide bonds. The summed E-state index contributed by atoms with van der Waals surface area (Å²) in [7, 11) is 0. The normalized spacial score (nSPS) is 16.6. The highest BCUT2D eigenvalue weighted by molar-refractivity contribution is 5.47. The molecule has 1 atom stereocenters. The topological polar surface area (TPSA) is 38.0 Å². The largest absolute Gasteiger partial charge is 0.399 e. The first-order valence-electron chi connectivity index (χ1n) is 9.05. The standard InChI is InChI=1S/C23H24N2/c24-20-15-14-17-12-7-13-22(21(17)16-20)25-23(18-8-3-1-4-9-18)19-10-5-2-6-11-19/h1-6,8-11,14-16,22-23,25H,7,12-13,24H2. The monoisotopic (exact) mass is 328 g/mol. The molecular formula is C23H24N2. The Morgan fingerprint density at radius 3 is 2.12 bits per heavy atom. The van der Waals surface area contributed by atoms with Crippen molar-refractivity contribution in [2.45, 2.75) is 31.3 Å². The molecule has 0 aliphatic heterocycles. The van der Waals surface area contributed by atoms with Crippen LogP contribution in [0.25, 0.3) is 0 Å². The summed E-state index contributed by atoms with van der Waals surface area (Å²) in [6.45, 7) is 0. The molecule has 25 heavy (non-hydrogen) atoms. The van der Waals surface area contributed by atoms with Gasteiger partial charge >= 0.3 is 0 Å². The van der Waals surface area contributed by atoms with Gasteiger partial charge in [-0.15, -0.1) is 0 Å². The Morgan fingerprint density at radius 2 is 1.48 bits per heavy atom. The third-order valence-corrected chi connectivity index (χ3v) is 5.12. The maximum atomic E-state index is 6.07. The quantitative estimate of drug-likeness (QED) is 0.660. The molecule has 0 spiro atoms. The summed E-state index contributed by atoms with van der Waals surface area (Å²) in [5, 5.41) is 3.92. The van der Waals surface area contributed by atoms with Crippen LogP contribution >= 0.6 is 0 Å². The van der Waals surface area contributed by atoms with E-state index < -0.39 is 0 Å². The van der Waals surface area contributed by atoms with Gasteiger partial charge in [0.25, 0.3) is 0 Å². The molecule has 0 saturated heterocycles. The zero-order valence-electron chi connectivity index (χ0n) is 14.4. The highest BCUT2D eigenvalue weighted by atomic mass is 15.0. The van der Waals surface area contributed by atoms with Gasteiger partial charge in [0, 0.05) is 11.7 Å². The van der Waals surface area contributed by atoms with Crippen molar-refractivity contribution in [2.75, 3.05) is 5.73 Å². The zero-order chi connectivity index (χ0) is 17.1. The average molecular weight is 328 g/mol. The van der Waals surface area contributed by atoms with Crippen molar-refractivity contribution in [3.8, 4) is 0 Å². The Balaban J connectivity index is 1.70. The molecule has 2 nitrogen and oxygen atoms in total. The van der Waals surface area contributed by atoms with Gasteiger partial charge in [-0.2, -0.15) is 0 Å². The number of anilines is 1. The molecule has 0 saturated carbocycles. The fourth-order valence-electron chi connectivity index (χ4n) is 3.87. The predicted molar refractivity (Wildman–Crippen MR) is 104 cm³/mol. The molecule has 0 heterocycles. The average Bonchev–Trinajstić information content (AvgIpc) is 2.67. The Kier molecular flexibility index (Phi) is 4.53. The van der Waals surface area contributed by atoms with Gasteiger partial charge in [0.1, 0.15) is 0 Å². The van der Waals surface area contributed by atoms with Crippen molar-refractivity contribution in [2.24, 2.45) is 0 Å². The molecule has 0 aromatic heterocycles. The van der Waals surface area contributed by atoms with E-state index in [9.17, 15) is 0 Å². The molecule has 3 aromatic carbocycles. The maximum Gasteiger partial charge on any atom is 0.0581 e. The molecule has 2 heteroatoms. The van der Waals surface area contributed by atoms with E-state index in [0.717, 1.165) is 18.5 Å². The number of hydrogen-bond donors (Lipinski definition) is 2. The van der Waals surface area contributed by atoms with Crippen LogP contribution in [0, 0.1) is 0 Å². The number of nitrogens with one attached hydrogen (secondary N) is 1. The van der Waals surface area contributed by atoms with Crippen LogP contribution in [0.3, 0.4) is 0 Å². The molecule has 1 aliphatic rings. The molecule has 4 rings (SSSR count).